The summed E-state index contributed by atoms with van der Waals surface area (Å²) in [6.45, 7) is 6.51. The molecule has 5 atom stereocenters. The lowest BCUT2D eigenvalue weighted by molar-refractivity contribution is -0.141. The summed E-state index contributed by atoms with van der Waals surface area (Å²) < 4.78 is 12.3. The lowest BCUT2D eigenvalue weighted by atomic mass is 9.42. The Hall–Kier alpha value is -1.83. The van der Waals surface area contributed by atoms with Crippen molar-refractivity contribution in [3.05, 3.63) is 23.3 Å². The molecule has 0 unspecified atom stereocenters. The van der Waals surface area contributed by atoms with E-state index in [0.717, 1.165) is 50.4 Å². The third kappa shape index (κ3) is 2.75. The molecule has 1 aromatic rings. The second kappa shape index (κ2) is 7.36. The standard InChI is InChI=1S/C28H37N3O4/c32-21-4-3-19-15-22-27-6-5-20(30(9-7-27)17-23(33)29-11-13-34-14-12-29)26-28(27,24(19)25(21)35-26)8-10-31(22)16-18-1-2-18/h3-4,18,20,22,26,32H,1-2,5-17H2/t20-,22-,26+,27-,28+/m1/s1. The Morgan fingerprint density at radius 1 is 1.03 bits per heavy atom. The minimum absolute atomic E-state index is 0.0287. The number of likely N-dealkylation sites (tertiary alicyclic amines) is 1. The number of amides is 1. The van der Waals surface area contributed by atoms with Gasteiger partial charge in [0.15, 0.2) is 11.5 Å². The fourth-order valence-electron chi connectivity index (χ4n) is 9.35. The number of hydrogen-bond acceptors (Lipinski definition) is 6. The van der Waals surface area contributed by atoms with Gasteiger partial charge < -0.3 is 19.5 Å². The van der Waals surface area contributed by atoms with Crippen LogP contribution >= 0.6 is 0 Å². The van der Waals surface area contributed by atoms with E-state index in [1.54, 1.807) is 0 Å². The fourth-order valence-corrected chi connectivity index (χ4v) is 9.35. The molecular formula is C28H37N3O4. The van der Waals surface area contributed by atoms with E-state index in [1.165, 1.54) is 36.9 Å². The number of nitrogens with zero attached hydrogens (tertiary/aromatic N) is 3. The molecule has 6 fully saturated rings. The quantitative estimate of drug-likeness (QED) is 0.714. The first-order valence-corrected chi connectivity index (χ1v) is 14.0. The maximum Gasteiger partial charge on any atom is 0.236 e. The number of ether oxygens (including phenoxy) is 2. The molecule has 0 aromatic heterocycles. The Morgan fingerprint density at radius 2 is 1.86 bits per heavy atom. The van der Waals surface area contributed by atoms with Gasteiger partial charge in [-0.05, 0) is 75.6 Å². The molecule has 2 spiro atoms. The third-order valence-corrected chi connectivity index (χ3v) is 11.0. The van der Waals surface area contributed by atoms with Crippen LogP contribution in [0.5, 0.6) is 11.5 Å². The predicted octanol–water partition coefficient (Wildman–Crippen LogP) is 2.14. The highest BCUT2D eigenvalue weighted by atomic mass is 16.5. The number of hydrogen-bond donors (Lipinski definition) is 1. The number of fused-ring (bicyclic) bond motifs is 3. The second-order valence-corrected chi connectivity index (χ2v) is 12.3. The van der Waals surface area contributed by atoms with Gasteiger partial charge >= 0.3 is 0 Å². The van der Waals surface area contributed by atoms with Crippen LogP contribution in [-0.2, 0) is 21.4 Å². The number of carbonyl (C=O) groups excluding carboxylic acids is 1. The van der Waals surface area contributed by atoms with Gasteiger partial charge in [0.05, 0.1) is 19.8 Å². The Labute approximate surface area is 207 Å². The molecule has 1 amide bonds. The molecule has 5 heterocycles. The van der Waals surface area contributed by atoms with Crippen LogP contribution in [0.25, 0.3) is 0 Å². The van der Waals surface area contributed by atoms with E-state index in [-0.39, 0.29) is 28.9 Å². The number of benzene rings is 1. The van der Waals surface area contributed by atoms with Crippen molar-refractivity contribution in [3.63, 3.8) is 0 Å². The van der Waals surface area contributed by atoms with Gasteiger partial charge in [-0.15, -0.1) is 0 Å². The smallest absolute Gasteiger partial charge is 0.236 e. The number of carbonyl (C=O) groups is 1. The molecule has 4 saturated heterocycles. The van der Waals surface area contributed by atoms with Crippen LogP contribution in [0.2, 0.25) is 0 Å². The molecule has 9 rings (SSSR count). The first-order chi connectivity index (χ1) is 17.1. The van der Waals surface area contributed by atoms with Crippen molar-refractivity contribution in [2.24, 2.45) is 11.3 Å². The molecule has 5 aliphatic heterocycles. The average Bonchev–Trinajstić information content (AvgIpc) is 3.66. The number of morpholine rings is 1. The molecule has 35 heavy (non-hydrogen) atoms. The van der Waals surface area contributed by atoms with Crippen LogP contribution in [0.3, 0.4) is 0 Å². The predicted molar refractivity (Wildman–Crippen MR) is 130 cm³/mol. The molecule has 7 nitrogen and oxygen atoms in total. The highest BCUT2D eigenvalue weighted by Gasteiger charge is 2.74. The molecule has 1 aromatic carbocycles. The van der Waals surface area contributed by atoms with E-state index < -0.39 is 0 Å². The van der Waals surface area contributed by atoms with Crippen LogP contribution in [0.15, 0.2) is 12.1 Å². The average molecular weight is 480 g/mol. The molecule has 0 radical (unpaired) electrons. The van der Waals surface area contributed by atoms with Crippen LogP contribution in [0.1, 0.15) is 49.7 Å². The van der Waals surface area contributed by atoms with Crippen molar-refractivity contribution in [1.82, 2.24) is 14.7 Å². The highest BCUT2D eigenvalue weighted by Crippen LogP contribution is 2.71. The summed E-state index contributed by atoms with van der Waals surface area (Å²) in [4.78, 5) is 20.6. The molecule has 2 saturated carbocycles. The first-order valence-electron chi connectivity index (χ1n) is 14.0. The van der Waals surface area contributed by atoms with Crippen LogP contribution in [0, 0.1) is 11.3 Å². The van der Waals surface area contributed by atoms with Crippen molar-refractivity contribution in [2.75, 3.05) is 52.5 Å². The van der Waals surface area contributed by atoms with E-state index >= 15 is 0 Å². The first kappa shape index (κ1) is 21.3. The fraction of sp³-hybridized carbons (Fsp3) is 0.750. The summed E-state index contributed by atoms with van der Waals surface area (Å²) in [5.41, 5.74) is 2.89. The van der Waals surface area contributed by atoms with Gasteiger partial charge in [0.1, 0.15) is 6.10 Å². The summed E-state index contributed by atoms with van der Waals surface area (Å²) >= 11 is 0. The van der Waals surface area contributed by atoms with Crippen molar-refractivity contribution in [2.45, 2.75) is 68.5 Å². The van der Waals surface area contributed by atoms with Crippen molar-refractivity contribution < 1.29 is 19.4 Å². The molecule has 4 bridgehead atoms. The molecule has 7 heteroatoms. The molecule has 188 valence electrons. The van der Waals surface area contributed by atoms with E-state index in [4.69, 9.17) is 9.47 Å². The zero-order valence-corrected chi connectivity index (χ0v) is 20.6. The Morgan fingerprint density at radius 3 is 2.69 bits per heavy atom. The van der Waals surface area contributed by atoms with Crippen molar-refractivity contribution >= 4 is 5.91 Å². The molecule has 3 aliphatic carbocycles. The van der Waals surface area contributed by atoms with Crippen LogP contribution in [-0.4, -0.2) is 96.4 Å². The van der Waals surface area contributed by atoms with Gasteiger partial charge in [-0.25, -0.2) is 0 Å². The largest absolute Gasteiger partial charge is 0.504 e. The van der Waals surface area contributed by atoms with Gasteiger partial charge in [0.25, 0.3) is 0 Å². The van der Waals surface area contributed by atoms with Crippen LogP contribution < -0.4 is 4.74 Å². The normalized spacial score (nSPS) is 39.8. The minimum atomic E-state index is -0.0287. The highest BCUT2D eigenvalue weighted by molar-refractivity contribution is 5.78. The zero-order valence-electron chi connectivity index (χ0n) is 20.6. The number of phenolic OH excluding ortho intramolecular Hbond substituents is 1. The lowest BCUT2D eigenvalue weighted by Gasteiger charge is -2.66. The molecule has 1 N–H and O–H groups in total. The van der Waals surface area contributed by atoms with E-state index in [9.17, 15) is 9.90 Å². The number of rotatable bonds is 4. The third-order valence-electron chi connectivity index (χ3n) is 11.0. The summed E-state index contributed by atoms with van der Waals surface area (Å²) in [7, 11) is 0. The second-order valence-electron chi connectivity index (χ2n) is 12.3. The number of piperidine rings is 1. The number of phenols is 1. The van der Waals surface area contributed by atoms with E-state index in [0.29, 0.717) is 44.6 Å². The van der Waals surface area contributed by atoms with Gasteiger partial charge in [0.2, 0.25) is 5.91 Å². The summed E-state index contributed by atoms with van der Waals surface area (Å²) in [5.74, 6) is 2.18. The van der Waals surface area contributed by atoms with Gasteiger partial charge in [-0.1, -0.05) is 6.07 Å². The summed E-state index contributed by atoms with van der Waals surface area (Å²) in [6.07, 6.45) is 8.42. The number of aromatic hydroxyl groups is 1. The van der Waals surface area contributed by atoms with Crippen molar-refractivity contribution in [1.29, 1.82) is 0 Å². The topological polar surface area (TPSA) is 65.5 Å². The SMILES string of the molecule is O=C(CN1CC[C@@]23CC[C@@H]1[C@@H]1Oc4c(O)ccc5c4[C@@]12CCN(CC1CC1)[C@@H]3C5)N1CCOCC1. The maximum atomic E-state index is 13.3. The minimum Gasteiger partial charge on any atom is -0.504 e. The Balaban J connectivity index is 1.21. The zero-order chi connectivity index (χ0) is 23.4. The monoisotopic (exact) mass is 479 g/mol. The Bertz CT molecular complexity index is 1070. The van der Waals surface area contributed by atoms with Gasteiger partial charge in [0, 0.05) is 48.1 Å². The van der Waals surface area contributed by atoms with E-state index in [1.807, 2.05) is 11.0 Å². The van der Waals surface area contributed by atoms with Crippen LogP contribution in [0.4, 0.5) is 0 Å². The van der Waals surface area contributed by atoms with Gasteiger partial charge in [-0.3, -0.25) is 14.6 Å². The molecule has 8 aliphatic rings. The van der Waals surface area contributed by atoms with Crippen molar-refractivity contribution in [3.8, 4) is 11.5 Å². The lowest BCUT2D eigenvalue weighted by Crippen LogP contribution is -2.72. The van der Waals surface area contributed by atoms with E-state index in [2.05, 4.69) is 15.9 Å². The van der Waals surface area contributed by atoms with Gasteiger partial charge in [-0.2, -0.15) is 0 Å². The summed E-state index contributed by atoms with van der Waals surface area (Å²) in [6, 6.07) is 4.81. The summed E-state index contributed by atoms with van der Waals surface area (Å²) in [5, 5.41) is 10.9. The Kier molecular flexibility index (Phi) is 4.47. The molecular weight excluding hydrogens is 442 g/mol. The maximum absolute atomic E-state index is 13.3.